The van der Waals surface area contributed by atoms with Crippen LogP contribution in [0.5, 0.6) is 5.75 Å². The average Bonchev–Trinajstić information content (AvgIpc) is 3.17. The molecule has 2 aromatic carbocycles. The largest absolute Gasteiger partial charge is 0.495 e. The predicted molar refractivity (Wildman–Crippen MR) is 122 cm³/mol. The zero-order valence-electron chi connectivity index (χ0n) is 16.6. The zero-order chi connectivity index (χ0) is 22.0. The van der Waals surface area contributed by atoms with E-state index in [1.54, 1.807) is 53.1 Å². The van der Waals surface area contributed by atoms with Crippen LogP contribution >= 0.6 is 23.2 Å². The molecule has 0 saturated heterocycles. The van der Waals surface area contributed by atoms with Gasteiger partial charge in [-0.1, -0.05) is 47.5 Å². The number of carbonyl (C=O) groups excluding carboxylic acids is 2. The molecule has 0 aliphatic carbocycles. The molecule has 1 N–H and O–H groups in total. The molecule has 0 saturated carbocycles. The first-order chi connectivity index (χ1) is 15.0. The molecule has 0 aliphatic heterocycles. The number of pyridine rings is 1. The molecule has 7 heteroatoms. The van der Waals surface area contributed by atoms with E-state index in [2.05, 4.69) is 5.32 Å². The van der Waals surface area contributed by atoms with Crippen molar-refractivity contribution in [2.45, 2.75) is 6.54 Å². The van der Waals surface area contributed by atoms with Gasteiger partial charge in [0.15, 0.2) is 0 Å². The maximum Gasteiger partial charge on any atom is 0.294 e. The van der Waals surface area contributed by atoms with E-state index in [0.29, 0.717) is 26.9 Å². The van der Waals surface area contributed by atoms with Crippen molar-refractivity contribution in [3.8, 4) is 16.9 Å². The Hall–Kier alpha value is -3.28. The van der Waals surface area contributed by atoms with Crippen molar-refractivity contribution in [1.82, 2.24) is 9.72 Å². The van der Waals surface area contributed by atoms with Crippen LogP contribution < -0.4 is 10.1 Å². The number of carbonyl (C=O) groups is 2. The summed E-state index contributed by atoms with van der Waals surface area (Å²) in [5.74, 6) is -0.801. The number of aromatic nitrogens is 1. The van der Waals surface area contributed by atoms with Gasteiger partial charge in [-0.05, 0) is 53.6 Å². The third-order valence-corrected chi connectivity index (χ3v) is 5.48. The van der Waals surface area contributed by atoms with E-state index in [-0.39, 0.29) is 12.2 Å². The van der Waals surface area contributed by atoms with Crippen LogP contribution in [0.3, 0.4) is 0 Å². The topological polar surface area (TPSA) is 59.8 Å². The number of ether oxygens (including phenoxy) is 1. The minimum absolute atomic E-state index is 0.217. The Morgan fingerprint density at radius 1 is 1.00 bits per heavy atom. The number of nitrogens with zero attached hydrogens (tertiary/aromatic N) is 1. The van der Waals surface area contributed by atoms with E-state index in [0.717, 1.165) is 11.1 Å². The molecule has 156 valence electrons. The molecule has 0 atom stereocenters. The lowest BCUT2D eigenvalue weighted by molar-refractivity contribution is -0.117. The highest BCUT2D eigenvalue weighted by Crippen LogP contribution is 2.34. The number of methoxy groups -OCH3 is 1. The van der Waals surface area contributed by atoms with Crippen LogP contribution in [-0.4, -0.2) is 23.2 Å². The highest BCUT2D eigenvalue weighted by Gasteiger charge is 2.25. The highest BCUT2D eigenvalue weighted by molar-refractivity contribution is 6.43. The lowest BCUT2D eigenvalue weighted by Gasteiger charge is -2.09. The Bertz CT molecular complexity index is 1280. The summed E-state index contributed by atoms with van der Waals surface area (Å²) in [4.78, 5) is 25.9. The zero-order valence-corrected chi connectivity index (χ0v) is 18.1. The SMILES string of the molecule is COc1ccc(-c2cc3ccccn3c2C(=O)C(=O)NCc2ccc(Cl)cc2)cc1Cl. The van der Waals surface area contributed by atoms with Crippen molar-refractivity contribution < 1.29 is 14.3 Å². The number of hydrogen-bond acceptors (Lipinski definition) is 3. The Labute approximate surface area is 189 Å². The molecule has 0 unspecified atom stereocenters. The van der Waals surface area contributed by atoms with Gasteiger partial charge in [-0.15, -0.1) is 0 Å². The Balaban J connectivity index is 1.69. The first-order valence-corrected chi connectivity index (χ1v) is 10.2. The molecule has 2 aromatic heterocycles. The van der Waals surface area contributed by atoms with Gasteiger partial charge in [0.25, 0.3) is 11.7 Å². The van der Waals surface area contributed by atoms with Crippen molar-refractivity contribution in [2.24, 2.45) is 0 Å². The molecule has 0 radical (unpaired) electrons. The lowest BCUT2D eigenvalue weighted by atomic mass is 10.0. The molecular weight excluding hydrogens is 435 g/mol. The fourth-order valence-electron chi connectivity index (χ4n) is 3.38. The fourth-order valence-corrected chi connectivity index (χ4v) is 3.77. The monoisotopic (exact) mass is 452 g/mol. The van der Waals surface area contributed by atoms with Crippen LogP contribution in [0.25, 0.3) is 16.6 Å². The molecular formula is C24H18Cl2N2O3. The van der Waals surface area contributed by atoms with Crippen molar-refractivity contribution in [3.63, 3.8) is 0 Å². The van der Waals surface area contributed by atoms with Crippen LogP contribution in [0.15, 0.2) is 72.9 Å². The van der Waals surface area contributed by atoms with Crippen LogP contribution in [0.4, 0.5) is 0 Å². The number of Topliss-reactive ketones (excluding diaryl/α,β-unsaturated/α-hetero) is 1. The molecule has 4 aromatic rings. The third kappa shape index (κ3) is 4.29. The van der Waals surface area contributed by atoms with Gasteiger partial charge in [-0.3, -0.25) is 9.59 Å². The van der Waals surface area contributed by atoms with Gasteiger partial charge in [-0.2, -0.15) is 0 Å². The number of benzene rings is 2. The number of fused-ring (bicyclic) bond motifs is 1. The number of halogens is 2. The summed E-state index contributed by atoms with van der Waals surface area (Å²) in [7, 11) is 1.54. The first kappa shape index (κ1) is 21.0. The summed E-state index contributed by atoms with van der Waals surface area (Å²) >= 11 is 12.2. The highest BCUT2D eigenvalue weighted by atomic mass is 35.5. The maximum atomic E-state index is 13.2. The van der Waals surface area contributed by atoms with Crippen LogP contribution in [0, 0.1) is 0 Å². The predicted octanol–water partition coefficient (Wildman–Crippen LogP) is 5.42. The minimum atomic E-state index is -0.695. The molecule has 1 amide bonds. The second-order valence-corrected chi connectivity index (χ2v) is 7.73. The smallest absolute Gasteiger partial charge is 0.294 e. The summed E-state index contributed by atoms with van der Waals surface area (Å²) in [6, 6.07) is 19.7. The lowest BCUT2D eigenvalue weighted by Crippen LogP contribution is -2.31. The molecule has 2 heterocycles. The van der Waals surface area contributed by atoms with Gasteiger partial charge in [-0.25, -0.2) is 0 Å². The maximum absolute atomic E-state index is 13.2. The van der Waals surface area contributed by atoms with E-state index >= 15 is 0 Å². The number of amides is 1. The van der Waals surface area contributed by atoms with E-state index < -0.39 is 11.7 Å². The van der Waals surface area contributed by atoms with Gasteiger partial charge >= 0.3 is 0 Å². The summed E-state index contributed by atoms with van der Waals surface area (Å²) < 4.78 is 6.92. The molecule has 0 spiro atoms. The van der Waals surface area contributed by atoms with Crippen molar-refractivity contribution in [2.75, 3.05) is 7.11 Å². The van der Waals surface area contributed by atoms with Gasteiger partial charge in [0.1, 0.15) is 11.4 Å². The third-order valence-electron chi connectivity index (χ3n) is 4.93. The Kier molecular flexibility index (Phi) is 5.98. The van der Waals surface area contributed by atoms with E-state index in [4.69, 9.17) is 27.9 Å². The quantitative estimate of drug-likeness (QED) is 0.313. The second kappa shape index (κ2) is 8.84. The van der Waals surface area contributed by atoms with Crippen molar-refractivity contribution in [3.05, 3.63) is 94.2 Å². The standard InChI is InChI=1S/C24H18Cl2N2O3/c1-31-21-10-7-16(12-20(21)26)19-13-18-4-2-3-11-28(18)22(19)23(29)24(30)27-14-15-5-8-17(25)9-6-15/h2-13H,14H2,1H3,(H,27,30). The fraction of sp³-hybridized carbons (Fsp3) is 0.0833. The van der Waals surface area contributed by atoms with Crippen LogP contribution in [0.2, 0.25) is 10.0 Å². The molecule has 0 bridgehead atoms. The average molecular weight is 453 g/mol. The van der Waals surface area contributed by atoms with E-state index in [1.807, 2.05) is 24.3 Å². The van der Waals surface area contributed by atoms with Crippen molar-refractivity contribution in [1.29, 1.82) is 0 Å². The van der Waals surface area contributed by atoms with Crippen LogP contribution in [-0.2, 0) is 11.3 Å². The first-order valence-electron chi connectivity index (χ1n) is 9.49. The number of rotatable bonds is 6. The van der Waals surface area contributed by atoms with E-state index in [1.165, 1.54) is 7.11 Å². The van der Waals surface area contributed by atoms with Gasteiger partial charge in [0.2, 0.25) is 0 Å². The number of ketones is 1. The van der Waals surface area contributed by atoms with Gasteiger partial charge in [0, 0.05) is 28.8 Å². The molecule has 5 nitrogen and oxygen atoms in total. The summed E-state index contributed by atoms with van der Waals surface area (Å²) in [6.45, 7) is 0.217. The molecule has 4 rings (SSSR count). The minimum Gasteiger partial charge on any atom is -0.495 e. The normalized spacial score (nSPS) is 10.8. The second-order valence-electron chi connectivity index (χ2n) is 6.89. The molecule has 0 fully saturated rings. The summed E-state index contributed by atoms with van der Waals surface area (Å²) in [5.41, 5.74) is 3.22. The van der Waals surface area contributed by atoms with Crippen LogP contribution in [0.1, 0.15) is 16.1 Å². The molecule has 0 aliphatic rings. The Morgan fingerprint density at radius 3 is 2.48 bits per heavy atom. The molecule has 31 heavy (non-hydrogen) atoms. The number of nitrogens with one attached hydrogen (secondary N) is 1. The summed E-state index contributed by atoms with van der Waals surface area (Å²) in [5, 5.41) is 3.71. The Morgan fingerprint density at radius 2 is 1.77 bits per heavy atom. The number of hydrogen-bond donors (Lipinski definition) is 1. The van der Waals surface area contributed by atoms with Gasteiger partial charge in [0.05, 0.1) is 12.1 Å². The van der Waals surface area contributed by atoms with E-state index in [9.17, 15) is 9.59 Å². The van der Waals surface area contributed by atoms with Gasteiger partial charge < -0.3 is 14.5 Å². The van der Waals surface area contributed by atoms with Crippen molar-refractivity contribution >= 4 is 40.4 Å². The summed E-state index contributed by atoms with van der Waals surface area (Å²) in [6.07, 6.45) is 1.75.